The van der Waals surface area contributed by atoms with Crippen molar-refractivity contribution in [1.29, 1.82) is 0 Å². The number of thioether (sulfide) groups is 1. The molecule has 37 heavy (non-hydrogen) atoms. The number of nitrogens with one attached hydrogen (secondary N) is 1. The second-order valence-electron chi connectivity index (χ2n) is 5.56. The number of aliphatic carboxylic acids is 4. The van der Waals surface area contributed by atoms with Gasteiger partial charge in [-0.05, 0) is 0 Å². The average Bonchev–Trinajstić information content (AvgIpc) is 3.19. The van der Waals surface area contributed by atoms with Crippen LogP contribution >= 0.6 is 23.1 Å². The third kappa shape index (κ3) is 29.3. The molecule has 2 amide bonds. The summed E-state index contributed by atoms with van der Waals surface area (Å²) in [7, 11) is 0. The van der Waals surface area contributed by atoms with Gasteiger partial charge in [0.15, 0.2) is 5.96 Å². The molecule has 0 spiro atoms. The third-order valence-corrected chi connectivity index (χ3v) is 4.34. The summed E-state index contributed by atoms with van der Waals surface area (Å²) in [5.74, 6) is -3.27. The van der Waals surface area contributed by atoms with Gasteiger partial charge in [-0.25, -0.2) is 34.4 Å². The molecule has 1 aromatic rings. The van der Waals surface area contributed by atoms with Gasteiger partial charge in [0.1, 0.15) is 5.84 Å². The lowest BCUT2D eigenvalue weighted by Gasteiger charge is -2.00. The summed E-state index contributed by atoms with van der Waals surface area (Å²) in [4.78, 5) is 56.7. The zero-order valence-corrected chi connectivity index (χ0v) is 20.4. The highest BCUT2D eigenvalue weighted by molar-refractivity contribution is 7.98. The number of thiazole rings is 1. The molecule has 20 heteroatoms. The highest BCUT2D eigenvalue weighted by Gasteiger charge is 2.02. The first-order valence-corrected chi connectivity index (χ1v) is 11.0. The second-order valence-corrected chi connectivity index (χ2v) is 7.50. The fourth-order valence-corrected chi connectivity index (χ4v) is 3.01. The van der Waals surface area contributed by atoms with Crippen molar-refractivity contribution in [3.8, 4) is 0 Å². The van der Waals surface area contributed by atoms with Gasteiger partial charge in [0.2, 0.25) is 5.13 Å². The number of urea groups is 1. The van der Waals surface area contributed by atoms with Crippen molar-refractivity contribution in [2.24, 2.45) is 33.0 Å². The number of nitrogens with two attached hydrogens (primary N) is 4. The molecule has 15 N–H and O–H groups in total. The molecule has 0 bridgehead atoms. The Morgan fingerprint density at radius 3 is 1.76 bits per heavy atom. The SMILES string of the molecule is NC(=O)NN=C(N)CCSCc1csc(N=C(N)N)n1.O.O=C(O)/C=C\C(=O)O.O=C(O)/C=C\C(=O)O. The second kappa shape index (κ2) is 21.8. The van der Waals surface area contributed by atoms with Crippen molar-refractivity contribution in [3.63, 3.8) is 0 Å². The van der Waals surface area contributed by atoms with Gasteiger partial charge in [0, 0.05) is 47.6 Å². The van der Waals surface area contributed by atoms with Crippen molar-refractivity contribution in [3.05, 3.63) is 35.4 Å². The number of carboxylic acid groups (broad SMARTS) is 4. The maximum absolute atomic E-state index is 10.4. The van der Waals surface area contributed by atoms with E-state index in [0.29, 0.717) is 47.4 Å². The van der Waals surface area contributed by atoms with Crippen molar-refractivity contribution in [2.75, 3.05) is 5.75 Å². The van der Waals surface area contributed by atoms with E-state index in [2.05, 4.69) is 20.5 Å². The smallest absolute Gasteiger partial charge is 0.332 e. The van der Waals surface area contributed by atoms with Crippen LogP contribution in [0.15, 0.2) is 39.8 Å². The molecule has 0 saturated heterocycles. The lowest BCUT2D eigenvalue weighted by molar-refractivity contribution is -0.134. The largest absolute Gasteiger partial charge is 0.478 e. The minimum absolute atomic E-state index is 0. The van der Waals surface area contributed by atoms with E-state index in [9.17, 15) is 24.0 Å². The first-order chi connectivity index (χ1) is 16.7. The summed E-state index contributed by atoms with van der Waals surface area (Å²) in [5.41, 5.74) is 23.9. The zero-order chi connectivity index (χ0) is 28.1. The molecule has 0 radical (unpaired) electrons. The summed E-state index contributed by atoms with van der Waals surface area (Å²) >= 11 is 3.00. The Hall–Kier alpha value is -4.69. The fraction of sp³-hybridized carbons (Fsp3) is 0.176. The quantitative estimate of drug-likeness (QED) is 0.0469. The first-order valence-electron chi connectivity index (χ1n) is 9.00. The van der Waals surface area contributed by atoms with Gasteiger partial charge < -0.3 is 48.8 Å². The number of aromatic nitrogens is 1. The summed E-state index contributed by atoms with van der Waals surface area (Å²) in [6.07, 6.45) is 2.77. The van der Waals surface area contributed by atoms with E-state index in [1.165, 1.54) is 11.3 Å². The van der Waals surface area contributed by atoms with Crippen LogP contribution in [0.5, 0.6) is 0 Å². The third-order valence-electron chi connectivity index (χ3n) is 2.56. The maximum atomic E-state index is 10.4. The van der Waals surface area contributed by atoms with Crippen LogP contribution in [0, 0.1) is 0 Å². The van der Waals surface area contributed by atoms with E-state index in [4.69, 9.17) is 43.4 Å². The molecule has 0 unspecified atom stereocenters. The Morgan fingerprint density at radius 2 is 1.38 bits per heavy atom. The van der Waals surface area contributed by atoms with Crippen LogP contribution < -0.4 is 28.4 Å². The number of carboxylic acids is 4. The molecule has 1 aromatic heterocycles. The number of carbonyl (C=O) groups is 5. The first kappa shape index (κ1) is 36.9. The summed E-state index contributed by atoms with van der Waals surface area (Å²) in [5, 5.41) is 37.3. The summed E-state index contributed by atoms with van der Waals surface area (Å²) in [6.45, 7) is 0. The van der Waals surface area contributed by atoms with Crippen LogP contribution in [0.1, 0.15) is 12.1 Å². The van der Waals surface area contributed by atoms with Crippen LogP contribution in [0.2, 0.25) is 0 Å². The average molecular weight is 567 g/mol. The lowest BCUT2D eigenvalue weighted by atomic mass is 10.5. The van der Waals surface area contributed by atoms with Crippen LogP contribution in [0.4, 0.5) is 9.93 Å². The van der Waals surface area contributed by atoms with E-state index in [1.807, 2.05) is 5.38 Å². The lowest BCUT2D eigenvalue weighted by Crippen LogP contribution is -2.28. The Kier molecular flexibility index (Phi) is 21.7. The number of amides is 2. The molecule has 0 fully saturated rings. The molecule has 0 saturated carbocycles. The van der Waals surface area contributed by atoms with Gasteiger partial charge in [0.05, 0.1) is 5.69 Å². The van der Waals surface area contributed by atoms with Crippen LogP contribution in [-0.4, -0.2) is 78.3 Å². The van der Waals surface area contributed by atoms with Crippen molar-refractivity contribution >= 4 is 69.9 Å². The minimum atomic E-state index is -1.26. The number of carbonyl (C=O) groups excluding carboxylic acids is 1. The number of rotatable bonds is 11. The number of guanidine groups is 1. The highest BCUT2D eigenvalue weighted by atomic mass is 32.2. The fourth-order valence-electron chi connectivity index (χ4n) is 1.35. The molecule has 1 rings (SSSR count). The molecular formula is C17H26N8O10S2. The van der Waals surface area contributed by atoms with E-state index >= 15 is 0 Å². The van der Waals surface area contributed by atoms with Gasteiger partial charge in [-0.3, -0.25) is 0 Å². The number of hydrazone groups is 1. The van der Waals surface area contributed by atoms with Gasteiger partial charge in [0.25, 0.3) is 0 Å². The Morgan fingerprint density at radius 1 is 0.919 bits per heavy atom. The standard InChI is InChI=1S/C9H16N8OS2.2C4H4O4.H2O/c10-6(16-17-8(13)18)1-2-19-3-5-4-20-9(14-5)15-7(11)12;2*5-3(6)1-2-4(7)8;/h4H,1-3H2,(H2,10,16)(H3,13,17,18)(H4,11,12,14,15);2*1-2H,(H,5,6)(H,7,8);1H2/b;2*2-1-;. The predicted octanol–water partition coefficient (Wildman–Crippen LogP) is -1.79. The van der Waals surface area contributed by atoms with Crippen molar-refractivity contribution in [1.82, 2.24) is 10.4 Å². The van der Waals surface area contributed by atoms with Crippen LogP contribution in [0.25, 0.3) is 0 Å². The molecule has 0 aliphatic carbocycles. The van der Waals surface area contributed by atoms with Gasteiger partial charge in [-0.2, -0.15) is 21.9 Å². The van der Waals surface area contributed by atoms with Gasteiger partial charge in [-0.1, -0.05) is 0 Å². The number of hydrogen-bond donors (Lipinski definition) is 9. The van der Waals surface area contributed by atoms with Crippen LogP contribution in [-0.2, 0) is 24.9 Å². The van der Waals surface area contributed by atoms with Gasteiger partial charge in [-0.15, -0.1) is 11.3 Å². The molecule has 0 atom stereocenters. The van der Waals surface area contributed by atoms with Crippen molar-refractivity contribution in [2.45, 2.75) is 12.2 Å². The Bertz CT molecular complexity index is 953. The highest BCUT2D eigenvalue weighted by Crippen LogP contribution is 2.21. The monoisotopic (exact) mass is 566 g/mol. The minimum Gasteiger partial charge on any atom is -0.478 e. The normalized spacial score (nSPS) is 10.1. The predicted molar refractivity (Wildman–Crippen MR) is 135 cm³/mol. The van der Waals surface area contributed by atoms with E-state index in [0.717, 1.165) is 11.4 Å². The summed E-state index contributed by atoms with van der Waals surface area (Å²) < 4.78 is 0. The number of aliphatic imine (C=N–C) groups is 1. The van der Waals surface area contributed by atoms with E-state index < -0.39 is 29.9 Å². The molecule has 206 valence electrons. The molecule has 0 aromatic carbocycles. The zero-order valence-electron chi connectivity index (χ0n) is 18.8. The molecule has 18 nitrogen and oxygen atoms in total. The van der Waals surface area contributed by atoms with Gasteiger partial charge >= 0.3 is 29.9 Å². The molecule has 0 aliphatic heterocycles. The Labute approximate surface area is 216 Å². The molecular weight excluding hydrogens is 540 g/mol. The number of amidine groups is 1. The summed E-state index contributed by atoms with van der Waals surface area (Å²) in [6, 6.07) is -0.740. The Balaban J connectivity index is -0.000000564. The van der Waals surface area contributed by atoms with E-state index in [1.54, 1.807) is 11.8 Å². The number of primary amides is 1. The topological polar surface area (TPSA) is 351 Å². The number of hydrogen-bond acceptors (Lipinski definition) is 10. The number of nitrogens with zero attached hydrogens (tertiary/aromatic N) is 3. The molecule has 0 aliphatic rings. The van der Waals surface area contributed by atoms with E-state index in [-0.39, 0.29) is 11.4 Å². The molecule has 1 heterocycles. The van der Waals surface area contributed by atoms with Crippen LogP contribution in [0.3, 0.4) is 0 Å². The maximum Gasteiger partial charge on any atom is 0.332 e. The van der Waals surface area contributed by atoms with Crippen molar-refractivity contribution < 1.29 is 49.9 Å².